The molecule has 4 amide bonds. The van der Waals surface area contributed by atoms with Gasteiger partial charge in [-0.1, -0.05) is 31.5 Å². The van der Waals surface area contributed by atoms with E-state index in [1.54, 1.807) is 6.20 Å². The van der Waals surface area contributed by atoms with Gasteiger partial charge >= 0.3 is 12.1 Å². The summed E-state index contributed by atoms with van der Waals surface area (Å²) < 4.78 is 5.17. The van der Waals surface area contributed by atoms with Gasteiger partial charge in [-0.3, -0.25) is 14.4 Å². The first-order valence-electron chi connectivity index (χ1n) is 15.2. The number of alkyl carbamates (subject to hydrolysis) is 1. The number of nitrogens with two attached hydrogens (primary N) is 2. The molecule has 3 atom stereocenters. The molecular weight excluding hydrogens is 570 g/mol. The number of fused-ring (bicyclic) bond motifs is 1. The molecule has 1 aromatic heterocycles. The second kappa shape index (κ2) is 19.9. The minimum absolute atomic E-state index is 0.0799. The second-order valence-corrected chi connectivity index (χ2v) is 10.6. The third-order valence-electron chi connectivity index (χ3n) is 7.02. The monoisotopic (exact) mass is 617 g/mol. The van der Waals surface area contributed by atoms with Gasteiger partial charge < -0.3 is 47.6 Å². The number of ether oxygens (including phenoxy) is 1. The number of para-hydroxylation sites is 1. The third-order valence-corrected chi connectivity index (χ3v) is 7.02. The lowest BCUT2D eigenvalue weighted by molar-refractivity contribution is -0.142. The number of carboxylic acids is 1. The first-order valence-corrected chi connectivity index (χ1v) is 15.2. The Morgan fingerprint density at radius 3 is 2.20 bits per heavy atom. The summed E-state index contributed by atoms with van der Waals surface area (Å²) in [7, 11) is 0. The summed E-state index contributed by atoms with van der Waals surface area (Å²) in [5.74, 6) is -3.12. The lowest BCUT2D eigenvalue weighted by Gasteiger charge is -2.23. The topological polar surface area (TPSA) is 231 Å². The van der Waals surface area contributed by atoms with Gasteiger partial charge in [0, 0.05) is 23.5 Å². The molecule has 1 aromatic carbocycles. The summed E-state index contributed by atoms with van der Waals surface area (Å²) in [4.78, 5) is 66.4. The Balaban J connectivity index is 2.17. The average Bonchev–Trinajstić information content (AvgIpc) is 3.41. The van der Waals surface area contributed by atoms with E-state index in [1.165, 1.54) is 0 Å². The van der Waals surface area contributed by atoms with Crippen molar-refractivity contribution in [2.24, 2.45) is 11.5 Å². The van der Waals surface area contributed by atoms with Crippen LogP contribution < -0.4 is 32.7 Å². The number of carbonyl (C=O) groups excluding carboxylic acids is 4. The molecule has 2 aromatic rings. The van der Waals surface area contributed by atoms with Crippen molar-refractivity contribution in [3.63, 3.8) is 0 Å². The van der Waals surface area contributed by atoms with Crippen LogP contribution in [-0.2, 0) is 30.3 Å². The number of unbranched alkanes of at least 4 members (excludes halogenated alkanes) is 3. The highest BCUT2D eigenvalue weighted by molar-refractivity contribution is 5.94. The normalized spacial score (nSPS) is 13.0. The van der Waals surface area contributed by atoms with Crippen molar-refractivity contribution >= 4 is 40.7 Å². The molecule has 0 aliphatic carbocycles. The third kappa shape index (κ3) is 12.6. The number of nitrogens with one attached hydrogen (secondary N) is 5. The Labute approximate surface area is 257 Å². The molecule has 44 heavy (non-hydrogen) atoms. The fraction of sp³-hybridized carbons (Fsp3) is 0.567. The van der Waals surface area contributed by atoms with Crippen molar-refractivity contribution in [3.05, 3.63) is 36.0 Å². The molecule has 3 unspecified atom stereocenters. The Kier molecular flexibility index (Phi) is 16.3. The number of amides is 4. The highest BCUT2D eigenvalue weighted by Gasteiger charge is 2.28. The zero-order valence-corrected chi connectivity index (χ0v) is 25.4. The second-order valence-electron chi connectivity index (χ2n) is 10.6. The molecule has 14 heteroatoms. The summed E-state index contributed by atoms with van der Waals surface area (Å²) in [5.41, 5.74) is 12.7. The molecule has 0 bridgehead atoms. The van der Waals surface area contributed by atoms with Crippen molar-refractivity contribution in [1.29, 1.82) is 0 Å². The van der Waals surface area contributed by atoms with Crippen LogP contribution >= 0.6 is 0 Å². The van der Waals surface area contributed by atoms with Crippen LogP contribution in [0.15, 0.2) is 30.5 Å². The van der Waals surface area contributed by atoms with Crippen LogP contribution in [0.4, 0.5) is 4.79 Å². The summed E-state index contributed by atoms with van der Waals surface area (Å²) >= 11 is 0. The van der Waals surface area contributed by atoms with Gasteiger partial charge in [0.2, 0.25) is 17.7 Å². The number of H-pyrrole nitrogens is 1. The van der Waals surface area contributed by atoms with Crippen LogP contribution in [-0.4, -0.2) is 84.2 Å². The van der Waals surface area contributed by atoms with Crippen molar-refractivity contribution in [3.8, 4) is 0 Å². The van der Waals surface area contributed by atoms with Crippen molar-refractivity contribution in [2.45, 2.75) is 82.8 Å². The minimum atomic E-state index is -1.19. The largest absolute Gasteiger partial charge is 0.480 e. The van der Waals surface area contributed by atoms with E-state index >= 15 is 0 Å². The Morgan fingerprint density at radius 1 is 0.864 bits per heavy atom. The maximum atomic E-state index is 13.4. The highest BCUT2D eigenvalue weighted by Crippen LogP contribution is 2.19. The highest BCUT2D eigenvalue weighted by atomic mass is 16.5. The number of hydrogen-bond acceptors (Lipinski definition) is 8. The smallest absolute Gasteiger partial charge is 0.407 e. The standard InChI is InChI=1S/C30H47N7O7/c1-2-3-16-44-30(43)37-23(12-6-8-14-31)28(40)36-25(17-20-18-33-22-11-5-4-10-21(20)22)27(39)34-19-26(38)35-24(29(41)42)13-7-9-15-32/h4-5,10-11,18,23-25,33H,2-3,6-9,12-17,19,31-32H2,1H3,(H,34,39)(H,35,38)(H,36,40)(H,37,43)(H,41,42). The molecule has 0 saturated carbocycles. The number of benzene rings is 1. The van der Waals surface area contributed by atoms with Gasteiger partial charge in [0.05, 0.1) is 13.2 Å². The van der Waals surface area contributed by atoms with E-state index in [0.29, 0.717) is 45.2 Å². The van der Waals surface area contributed by atoms with Crippen LogP contribution in [0.3, 0.4) is 0 Å². The predicted octanol–water partition coefficient (Wildman–Crippen LogP) is 1.03. The zero-order valence-electron chi connectivity index (χ0n) is 25.4. The number of carbonyl (C=O) groups is 5. The average molecular weight is 618 g/mol. The van der Waals surface area contributed by atoms with E-state index in [4.69, 9.17) is 16.2 Å². The molecule has 0 spiro atoms. The Morgan fingerprint density at radius 2 is 1.55 bits per heavy atom. The van der Waals surface area contributed by atoms with Crippen LogP contribution in [0.5, 0.6) is 0 Å². The maximum Gasteiger partial charge on any atom is 0.407 e. The van der Waals surface area contributed by atoms with Gasteiger partial charge in [-0.05, 0) is 69.7 Å². The molecule has 0 aliphatic rings. The number of rotatable bonds is 21. The van der Waals surface area contributed by atoms with E-state index in [2.05, 4.69) is 26.3 Å². The predicted molar refractivity (Wildman–Crippen MR) is 166 cm³/mol. The number of aromatic nitrogens is 1. The van der Waals surface area contributed by atoms with Crippen LogP contribution in [0.1, 0.15) is 63.9 Å². The van der Waals surface area contributed by atoms with Gasteiger partial charge in [-0.2, -0.15) is 0 Å². The first kappa shape index (κ1) is 36.0. The number of aliphatic carboxylic acids is 1. The molecule has 1 heterocycles. The van der Waals surface area contributed by atoms with E-state index in [0.717, 1.165) is 22.9 Å². The van der Waals surface area contributed by atoms with E-state index < -0.39 is 54.5 Å². The summed E-state index contributed by atoms with van der Waals surface area (Å²) in [6, 6.07) is 4.25. The van der Waals surface area contributed by atoms with Crippen LogP contribution in [0.25, 0.3) is 10.9 Å². The zero-order chi connectivity index (χ0) is 32.3. The van der Waals surface area contributed by atoms with Crippen molar-refractivity contribution < 1.29 is 33.8 Å². The van der Waals surface area contributed by atoms with Crippen LogP contribution in [0.2, 0.25) is 0 Å². The van der Waals surface area contributed by atoms with Gasteiger partial charge in [-0.25, -0.2) is 9.59 Å². The number of carboxylic acid groups (broad SMARTS) is 1. The quantitative estimate of drug-likeness (QED) is 0.0934. The summed E-state index contributed by atoms with van der Waals surface area (Å²) in [6.07, 6.45) is 5.40. The molecule has 0 aliphatic heterocycles. The molecule has 14 nitrogen and oxygen atoms in total. The van der Waals surface area contributed by atoms with Crippen LogP contribution in [0, 0.1) is 0 Å². The number of aromatic amines is 1. The minimum Gasteiger partial charge on any atom is -0.480 e. The molecule has 244 valence electrons. The van der Waals surface area contributed by atoms with Crippen molar-refractivity contribution in [2.75, 3.05) is 26.2 Å². The molecule has 0 fully saturated rings. The van der Waals surface area contributed by atoms with Crippen molar-refractivity contribution in [1.82, 2.24) is 26.3 Å². The molecule has 0 radical (unpaired) electrons. The first-order chi connectivity index (χ1) is 21.2. The van der Waals surface area contributed by atoms with Gasteiger partial charge in [-0.15, -0.1) is 0 Å². The van der Waals surface area contributed by atoms with E-state index in [1.807, 2.05) is 31.2 Å². The molecule has 10 N–H and O–H groups in total. The number of hydrogen-bond donors (Lipinski definition) is 8. The lowest BCUT2D eigenvalue weighted by Crippen LogP contribution is -2.55. The molecule has 0 saturated heterocycles. The molecular formula is C30H47N7O7. The Hall–Kier alpha value is -4.17. The van der Waals surface area contributed by atoms with E-state index in [-0.39, 0.29) is 25.9 Å². The van der Waals surface area contributed by atoms with Gasteiger partial charge in [0.15, 0.2) is 0 Å². The fourth-order valence-electron chi connectivity index (χ4n) is 4.54. The maximum absolute atomic E-state index is 13.4. The summed E-state index contributed by atoms with van der Waals surface area (Å²) in [6.45, 7) is 2.49. The van der Waals surface area contributed by atoms with E-state index in [9.17, 15) is 29.1 Å². The lowest BCUT2D eigenvalue weighted by atomic mass is 10.0. The van der Waals surface area contributed by atoms with Gasteiger partial charge in [0.1, 0.15) is 18.1 Å². The molecule has 2 rings (SSSR count). The Bertz CT molecular complexity index is 1220. The van der Waals surface area contributed by atoms with Gasteiger partial charge in [0.25, 0.3) is 0 Å². The fourth-order valence-corrected chi connectivity index (χ4v) is 4.54. The summed E-state index contributed by atoms with van der Waals surface area (Å²) in [5, 5.41) is 20.5. The SMILES string of the molecule is CCCCOC(=O)NC(CCCCN)C(=O)NC(Cc1c[nH]c2ccccc12)C(=O)NCC(=O)NC(CCCCN)C(=O)O.